The summed E-state index contributed by atoms with van der Waals surface area (Å²) in [4.78, 5) is 26.9. The second-order valence-electron chi connectivity index (χ2n) is 4.85. The highest BCUT2D eigenvalue weighted by atomic mass is 16.5. The number of carbonyl (C=O) groups is 2. The van der Waals surface area contributed by atoms with Crippen LogP contribution in [0.15, 0.2) is 65.8 Å². The largest absolute Gasteiger partial charge is 0.456 e. The van der Waals surface area contributed by atoms with E-state index >= 15 is 0 Å². The van der Waals surface area contributed by atoms with Crippen molar-refractivity contribution < 1.29 is 14.3 Å². The monoisotopic (exact) mass is 306 g/mol. The van der Waals surface area contributed by atoms with Gasteiger partial charge < -0.3 is 9.14 Å². The van der Waals surface area contributed by atoms with E-state index in [0.717, 1.165) is 17.3 Å². The van der Waals surface area contributed by atoms with E-state index in [1.165, 1.54) is 0 Å². The minimum Gasteiger partial charge on any atom is -0.456 e. The van der Waals surface area contributed by atoms with Crippen LogP contribution in [0.25, 0.3) is 5.52 Å². The summed E-state index contributed by atoms with van der Waals surface area (Å²) >= 11 is 0. The van der Waals surface area contributed by atoms with Gasteiger partial charge in [0, 0.05) is 6.20 Å². The normalized spacial score (nSPS) is 11.0. The molecule has 0 aliphatic heterocycles. The Morgan fingerprint density at radius 3 is 2.70 bits per heavy atom. The van der Waals surface area contributed by atoms with Crippen molar-refractivity contribution in [3.63, 3.8) is 0 Å². The Labute approximate surface area is 132 Å². The number of fused-ring (bicyclic) bond motifs is 1. The van der Waals surface area contributed by atoms with E-state index in [-0.39, 0.29) is 6.61 Å². The Bertz CT molecular complexity index is 866. The third kappa shape index (κ3) is 3.18. The summed E-state index contributed by atoms with van der Waals surface area (Å²) in [5.74, 6) is -0.442. The summed E-state index contributed by atoms with van der Waals surface area (Å²) in [7, 11) is 0. The van der Waals surface area contributed by atoms with Crippen LogP contribution in [0, 0.1) is 0 Å². The van der Waals surface area contributed by atoms with Gasteiger partial charge >= 0.3 is 5.97 Å². The Morgan fingerprint density at radius 2 is 1.91 bits per heavy atom. The molecule has 0 atom stereocenters. The number of nitrogens with zero attached hydrogens (tertiary/aromatic N) is 2. The number of pyridine rings is 1. The Kier molecular flexibility index (Phi) is 4.29. The quantitative estimate of drug-likeness (QED) is 0.413. The molecule has 5 heteroatoms. The number of hydrogen-bond acceptors (Lipinski definition) is 4. The molecule has 0 amide bonds. The van der Waals surface area contributed by atoms with Crippen LogP contribution >= 0.6 is 0 Å². The number of hydrogen-bond donors (Lipinski definition) is 0. The minimum atomic E-state index is -0.442. The van der Waals surface area contributed by atoms with Gasteiger partial charge in [-0.1, -0.05) is 36.4 Å². The summed E-state index contributed by atoms with van der Waals surface area (Å²) in [6, 6.07) is 16.6. The number of aromatic nitrogens is 1. The van der Waals surface area contributed by atoms with Crippen LogP contribution in [0.2, 0.25) is 0 Å². The molecule has 0 N–H and O–H groups in total. The van der Waals surface area contributed by atoms with Crippen molar-refractivity contribution >= 4 is 29.7 Å². The smallest absolute Gasteiger partial charge is 0.355 e. The first-order valence-electron chi connectivity index (χ1n) is 7.08. The zero-order valence-corrected chi connectivity index (χ0v) is 12.3. The first-order valence-corrected chi connectivity index (χ1v) is 7.08. The lowest BCUT2D eigenvalue weighted by atomic mass is 10.2. The Hall–Kier alpha value is -3.21. The van der Waals surface area contributed by atoms with Crippen molar-refractivity contribution in [3.05, 3.63) is 72.1 Å². The summed E-state index contributed by atoms with van der Waals surface area (Å²) in [5.41, 5.74) is 2.57. The molecule has 23 heavy (non-hydrogen) atoms. The maximum atomic E-state index is 12.4. The van der Waals surface area contributed by atoms with Crippen molar-refractivity contribution in [2.24, 2.45) is 4.99 Å². The average Bonchev–Trinajstić information content (AvgIpc) is 2.98. The molecule has 0 aliphatic rings. The third-order valence-electron chi connectivity index (χ3n) is 3.35. The highest BCUT2D eigenvalue weighted by Gasteiger charge is 2.16. The molecule has 3 rings (SSSR count). The van der Waals surface area contributed by atoms with E-state index in [1.807, 2.05) is 48.5 Å². The number of aliphatic imine (C=N–C) groups is 1. The van der Waals surface area contributed by atoms with Crippen LogP contribution in [-0.2, 0) is 16.1 Å². The Morgan fingerprint density at radius 1 is 1.13 bits per heavy atom. The highest BCUT2D eigenvalue weighted by molar-refractivity contribution is 6.14. The number of carbonyl (C=O) groups excluding carboxylic acids is 2. The maximum Gasteiger partial charge on any atom is 0.355 e. The zero-order chi connectivity index (χ0) is 16.1. The zero-order valence-electron chi connectivity index (χ0n) is 12.3. The van der Waals surface area contributed by atoms with Gasteiger partial charge in [-0.25, -0.2) is 4.79 Å². The van der Waals surface area contributed by atoms with E-state index in [4.69, 9.17) is 4.74 Å². The number of rotatable bonds is 5. The maximum absolute atomic E-state index is 12.4. The lowest BCUT2D eigenvalue weighted by Gasteiger charge is -2.05. The van der Waals surface area contributed by atoms with Crippen LogP contribution in [0.3, 0.4) is 0 Å². The minimum absolute atomic E-state index is 0.201. The topological polar surface area (TPSA) is 60.1 Å². The predicted molar refractivity (Wildman–Crippen MR) is 87.2 cm³/mol. The summed E-state index contributed by atoms with van der Waals surface area (Å²) in [6.45, 7) is 0.201. The molecule has 2 heterocycles. The molecule has 0 unspecified atom stereocenters. The molecule has 114 valence electrons. The van der Waals surface area contributed by atoms with Gasteiger partial charge in [0.25, 0.3) is 0 Å². The predicted octanol–water partition coefficient (Wildman–Crippen LogP) is 3.20. The lowest BCUT2D eigenvalue weighted by Crippen LogP contribution is -2.08. The molecule has 3 aromatic rings. The highest BCUT2D eigenvalue weighted by Crippen LogP contribution is 2.25. The van der Waals surface area contributed by atoms with Crippen LogP contribution in [0.5, 0.6) is 0 Å². The van der Waals surface area contributed by atoms with Crippen molar-refractivity contribution in [2.75, 3.05) is 0 Å². The third-order valence-corrected chi connectivity index (χ3v) is 3.35. The molecular weight excluding hydrogens is 292 g/mol. The molecule has 5 nitrogen and oxygen atoms in total. The molecular formula is C18H14N2O3. The van der Waals surface area contributed by atoms with E-state index in [1.54, 1.807) is 16.7 Å². The molecule has 2 aromatic heterocycles. The first-order chi connectivity index (χ1) is 11.3. The van der Waals surface area contributed by atoms with Crippen LogP contribution in [0.4, 0.5) is 5.69 Å². The number of ether oxygens (including phenoxy) is 1. The lowest BCUT2D eigenvalue weighted by molar-refractivity contribution is -0.102. The van der Waals surface area contributed by atoms with Crippen LogP contribution in [0.1, 0.15) is 16.1 Å². The fraction of sp³-hybridized carbons (Fsp3) is 0.0556. The van der Waals surface area contributed by atoms with Crippen LogP contribution in [-0.4, -0.2) is 22.9 Å². The number of benzene rings is 1. The molecule has 0 bridgehead atoms. The SMILES string of the molecule is O=CC=Nc1cc(C(=O)OCc2ccccc2)n2ccccc12. The first kappa shape index (κ1) is 14.7. The molecule has 0 radical (unpaired) electrons. The van der Waals surface area contributed by atoms with Crippen molar-refractivity contribution in [1.29, 1.82) is 0 Å². The fourth-order valence-electron chi connectivity index (χ4n) is 2.30. The summed E-state index contributed by atoms with van der Waals surface area (Å²) in [6.07, 6.45) is 3.51. The number of aldehydes is 1. The van der Waals surface area contributed by atoms with E-state index in [0.29, 0.717) is 17.7 Å². The van der Waals surface area contributed by atoms with Gasteiger partial charge in [0.1, 0.15) is 12.3 Å². The van der Waals surface area contributed by atoms with Crippen molar-refractivity contribution in [2.45, 2.75) is 6.61 Å². The molecule has 1 aromatic carbocycles. The standard InChI is InChI=1S/C18H14N2O3/c21-11-9-19-15-12-17(20-10-5-4-8-16(15)20)18(22)23-13-14-6-2-1-3-7-14/h1-12H,13H2. The molecule has 0 saturated heterocycles. The Balaban J connectivity index is 1.88. The molecule has 0 fully saturated rings. The second kappa shape index (κ2) is 6.70. The molecule has 0 aliphatic carbocycles. The van der Waals surface area contributed by atoms with Gasteiger partial charge in [-0.3, -0.25) is 9.79 Å². The van der Waals surface area contributed by atoms with Gasteiger partial charge in [0.15, 0.2) is 6.29 Å². The number of esters is 1. The van der Waals surface area contributed by atoms with E-state index in [2.05, 4.69) is 4.99 Å². The van der Waals surface area contributed by atoms with E-state index in [9.17, 15) is 9.59 Å². The van der Waals surface area contributed by atoms with Gasteiger partial charge in [-0.05, 0) is 23.8 Å². The van der Waals surface area contributed by atoms with Crippen LogP contribution < -0.4 is 0 Å². The van der Waals surface area contributed by atoms with E-state index < -0.39 is 5.97 Å². The van der Waals surface area contributed by atoms with Crippen molar-refractivity contribution in [3.8, 4) is 0 Å². The van der Waals surface area contributed by atoms with Gasteiger partial charge in [0.2, 0.25) is 0 Å². The van der Waals surface area contributed by atoms with Crippen molar-refractivity contribution in [1.82, 2.24) is 4.40 Å². The van der Waals surface area contributed by atoms with Gasteiger partial charge in [-0.15, -0.1) is 0 Å². The molecule has 0 saturated carbocycles. The fourth-order valence-corrected chi connectivity index (χ4v) is 2.30. The molecule has 0 spiro atoms. The second-order valence-corrected chi connectivity index (χ2v) is 4.85. The van der Waals surface area contributed by atoms with Gasteiger partial charge in [-0.2, -0.15) is 0 Å². The summed E-state index contributed by atoms with van der Waals surface area (Å²) in [5, 5.41) is 0. The average molecular weight is 306 g/mol. The summed E-state index contributed by atoms with van der Waals surface area (Å²) < 4.78 is 7.06. The van der Waals surface area contributed by atoms with Gasteiger partial charge in [0.05, 0.1) is 17.4 Å².